The lowest BCUT2D eigenvalue weighted by Gasteiger charge is -2.02. The molecule has 25 heavy (non-hydrogen) atoms. The molecule has 0 amide bonds. The molecule has 0 bridgehead atoms. The summed E-state index contributed by atoms with van der Waals surface area (Å²) in [5.74, 6) is 0. The Morgan fingerprint density at radius 2 is 1.28 bits per heavy atom. The SMILES string of the molecule is C/C(C=NCC(C)N=C/C(C)=C/c1ccccc1)=C\c1ccccc1. The molecule has 0 N–H and O–H groups in total. The van der Waals surface area contributed by atoms with E-state index in [9.17, 15) is 0 Å². The molecule has 2 nitrogen and oxygen atoms in total. The fourth-order valence-corrected chi connectivity index (χ4v) is 2.34. The Balaban J connectivity index is 1.84. The molecule has 0 heterocycles. The van der Waals surface area contributed by atoms with Crippen LogP contribution in [0, 0.1) is 0 Å². The van der Waals surface area contributed by atoms with Gasteiger partial charge in [-0.3, -0.25) is 9.98 Å². The van der Waals surface area contributed by atoms with E-state index in [2.05, 4.69) is 67.2 Å². The Bertz CT molecular complexity index is 753. The monoisotopic (exact) mass is 330 g/mol. The molecule has 0 aliphatic rings. The van der Waals surface area contributed by atoms with E-state index >= 15 is 0 Å². The van der Waals surface area contributed by atoms with Gasteiger partial charge in [-0.25, -0.2) is 0 Å². The minimum Gasteiger partial charge on any atom is -0.291 e. The molecule has 1 unspecified atom stereocenters. The zero-order chi connectivity index (χ0) is 17.9. The van der Waals surface area contributed by atoms with Crippen LogP contribution in [0.5, 0.6) is 0 Å². The molecule has 2 heteroatoms. The van der Waals surface area contributed by atoms with Crippen LogP contribution in [0.4, 0.5) is 0 Å². The van der Waals surface area contributed by atoms with Crippen LogP contribution in [0.2, 0.25) is 0 Å². The quantitative estimate of drug-likeness (QED) is 0.580. The number of allylic oxidation sites excluding steroid dienone is 2. The molecule has 128 valence electrons. The Morgan fingerprint density at radius 3 is 1.80 bits per heavy atom. The normalized spacial score (nSPS) is 14.4. The molecule has 0 spiro atoms. The Hall–Kier alpha value is -2.74. The molecule has 0 aliphatic heterocycles. The average molecular weight is 330 g/mol. The van der Waals surface area contributed by atoms with Crippen LogP contribution in [0.15, 0.2) is 81.8 Å². The summed E-state index contributed by atoms with van der Waals surface area (Å²) in [7, 11) is 0. The van der Waals surface area contributed by atoms with Gasteiger partial charge in [-0.15, -0.1) is 0 Å². The highest BCUT2D eigenvalue weighted by Gasteiger charge is 1.95. The van der Waals surface area contributed by atoms with Gasteiger partial charge < -0.3 is 0 Å². The predicted molar refractivity (Wildman–Crippen MR) is 111 cm³/mol. The number of hydrogen-bond acceptors (Lipinski definition) is 2. The lowest BCUT2D eigenvalue weighted by atomic mass is 10.1. The van der Waals surface area contributed by atoms with E-state index in [0.29, 0.717) is 6.54 Å². The largest absolute Gasteiger partial charge is 0.291 e. The van der Waals surface area contributed by atoms with Crippen LogP contribution >= 0.6 is 0 Å². The fraction of sp³-hybridized carbons (Fsp3) is 0.217. The van der Waals surface area contributed by atoms with Crippen LogP contribution in [0.25, 0.3) is 12.2 Å². The molecule has 0 fully saturated rings. The molecule has 2 aromatic rings. The zero-order valence-electron chi connectivity index (χ0n) is 15.3. The van der Waals surface area contributed by atoms with Crippen molar-refractivity contribution < 1.29 is 0 Å². The second kappa shape index (κ2) is 10.2. The van der Waals surface area contributed by atoms with Gasteiger partial charge in [-0.2, -0.15) is 0 Å². The van der Waals surface area contributed by atoms with E-state index in [0.717, 1.165) is 11.1 Å². The van der Waals surface area contributed by atoms with Gasteiger partial charge in [0.05, 0.1) is 12.6 Å². The number of benzene rings is 2. The standard InChI is InChI=1S/C23H26N2/c1-19(14-22-10-6-4-7-11-22)16-24-18-21(3)25-17-20(2)15-23-12-8-5-9-13-23/h4-17,21H,18H2,1-3H3/b19-14+,20-15+,24-16?,25-17?. The predicted octanol–water partition coefficient (Wildman–Crippen LogP) is 5.72. The highest BCUT2D eigenvalue weighted by molar-refractivity contribution is 5.85. The van der Waals surface area contributed by atoms with Crippen molar-refractivity contribution in [2.45, 2.75) is 26.8 Å². The smallest absolute Gasteiger partial charge is 0.0666 e. The van der Waals surface area contributed by atoms with E-state index in [1.807, 2.05) is 48.8 Å². The lowest BCUT2D eigenvalue weighted by Crippen LogP contribution is -2.03. The summed E-state index contributed by atoms with van der Waals surface area (Å²) in [6.07, 6.45) is 8.11. The van der Waals surface area contributed by atoms with Gasteiger partial charge in [0.2, 0.25) is 0 Å². The molecule has 0 radical (unpaired) electrons. The lowest BCUT2D eigenvalue weighted by molar-refractivity contribution is 0.761. The van der Waals surface area contributed by atoms with Crippen molar-refractivity contribution in [3.63, 3.8) is 0 Å². The third-order valence-corrected chi connectivity index (χ3v) is 3.59. The van der Waals surface area contributed by atoms with Gasteiger partial charge in [0.25, 0.3) is 0 Å². The third kappa shape index (κ3) is 7.58. The van der Waals surface area contributed by atoms with Crippen LogP contribution in [0.3, 0.4) is 0 Å². The number of hydrogen-bond donors (Lipinski definition) is 0. The average Bonchev–Trinajstić information content (AvgIpc) is 2.62. The van der Waals surface area contributed by atoms with Crippen molar-refractivity contribution in [3.05, 3.63) is 82.9 Å². The number of aliphatic imine (C=N–C) groups is 2. The third-order valence-electron chi connectivity index (χ3n) is 3.59. The fourth-order valence-electron chi connectivity index (χ4n) is 2.34. The van der Waals surface area contributed by atoms with E-state index in [4.69, 9.17) is 0 Å². The topological polar surface area (TPSA) is 24.7 Å². The summed E-state index contributed by atoms with van der Waals surface area (Å²) in [4.78, 5) is 9.08. The Kier molecular flexibility index (Phi) is 7.58. The Morgan fingerprint density at radius 1 is 0.800 bits per heavy atom. The van der Waals surface area contributed by atoms with Crippen LogP contribution in [-0.4, -0.2) is 25.0 Å². The van der Waals surface area contributed by atoms with Crippen molar-refractivity contribution >= 4 is 24.6 Å². The highest BCUT2D eigenvalue weighted by atomic mass is 14.8. The summed E-state index contributed by atoms with van der Waals surface area (Å²) < 4.78 is 0. The molecule has 0 saturated heterocycles. The molecule has 2 rings (SSSR count). The van der Waals surface area contributed by atoms with Crippen molar-refractivity contribution in [2.75, 3.05) is 6.54 Å². The molecule has 0 saturated carbocycles. The van der Waals surface area contributed by atoms with E-state index in [1.54, 1.807) is 0 Å². The first kappa shape index (κ1) is 18.6. The van der Waals surface area contributed by atoms with Crippen molar-refractivity contribution in [1.29, 1.82) is 0 Å². The number of nitrogens with zero attached hydrogens (tertiary/aromatic N) is 2. The molecule has 2 aromatic carbocycles. The van der Waals surface area contributed by atoms with Gasteiger partial charge in [-0.05, 0) is 43.0 Å². The van der Waals surface area contributed by atoms with Crippen LogP contribution in [0.1, 0.15) is 31.9 Å². The summed E-state index contributed by atoms with van der Waals surface area (Å²) in [5.41, 5.74) is 4.67. The second-order valence-electron chi connectivity index (χ2n) is 6.22. The molecule has 1 atom stereocenters. The first-order valence-corrected chi connectivity index (χ1v) is 8.63. The zero-order valence-corrected chi connectivity index (χ0v) is 15.3. The molecular weight excluding hydrogens is 304 g/mol. The minimum absolute atomic E-state index is 0.167. The maximum atomic E-state index is 4.57. The van der Waals surface area contributed by atoms with Crippen LogP contribution < -0.4 is 0 Å². The van der Waals surface area contributed by atoms with Crippen molar-refractivity contribution in [3.8, 4) is 0 Å². The molecule has 0 aromatic heterocycles. The summed E-state index contributed by atoms with van der Waals surface area (Å²) in [6.45, 7) is 6.91. The van der Waals surface area contributed by atoms with Gasteiger partial charge in [0, 0.05) is 12.4 Å². The Labute approximate surface area is 151 Å². The second-order valence-corrected chi connectivity index (χ2v) is 6.22. The van der Waals surface area contributed by atoms with E-state index in [1.165, 1.54) is 11.1 Å². The highest BCUT2D eigenvalue weighted by Crippen LogP contribution is 2.06. The van der Waals surface area contributed by atoms with Crippen molar-refractivity contribution in [1.82, 2.24) is 0 Å². The molecular formula is C23H26N2. The maximum Gasteiger partial charge on any atom is 0.0666 e. The number of rotatable bonds is 7. The summed E-state index contributed by atoms with van der Waals surface area (Å²) >= 11 is 0. The summed E-state index contributed by atoms with van der Waals surface area (Å²) in [5, 5.41) is 0. The van der Waals surface area contributed by atoms with Gasteiger partial charge in [0.1, 0.15) is 0 Å². The van der Waals surface area contributed by atoms with E-state index < -0.39 is 0 Å². The van der Waals surface area contributed by atoms with Gasteiger partial charge >= 0.3 is 0 Å². The van der Waals surface area contributed by atoms with E-state index in [-0.39, 0.29) is 6.04 Å². The maximum absolute atomic E-state index is 4.57. The first-order chi connectivity index (χ1) is 12.1. The minimum atomic E-state index is 0.167. The van der Waals surface area contributed by atoms with Crippen molar-refractivity contribution in [2.24, 2.45) is 9.98 Å². The summed E-state index contributed by atoms with van der Waals surface area (Å²) in [6, 6.07) is 20.7. The molecule has 0 aliphatic carbocycles. The van der Waals surface area contributed by atoms with Gasteiger partial charge in [0.15, 0.2) is 0 Å². The van der Waals surface area contributed by atoms with Gasteiger partial charge in [-0.1, -0.05) is 72.8 Å². The van der Waals surface area contributed by atoms with Crippen LogP contribution in [-0.2, 0) is 0 Å². The first-order valence-electron chi connectivity index (χ1n) is 8.63.